The van der Waals surface area contributed by atoms with Crippen molar-refractivity contribution < 1.29 is 10.2 Å². The lowest BCUT2D eigenvalue weighted by molar-refractivity contribution is 0.479. The zero-order valence-corrected chi connectivity index (χ0v) is 10.7. The first-order valence-electron chi connectivity index (χ1n) is 6.51. The predicted octanol–water partition coefficient (Wildman–Crippen LogP) is 4.56. The number of hydrogen-bond donors (Lipinski definition) is 2. The molecule has 96 valence electrons. The van der Waals surface area contributed by atoms with Crippen molar-refractivity contribution in [3.8, 4) is 11.5 Å². The fourth-order valence-corrected chi connectivity index (χ4v) is 2.90. The molecule has 0 spiro atoms. The van der Waals surface area contributed by atoms with Crippen LogP contribution in [0.3, 0.4) is 0 Å². The highest BCUT2D eigenvalue weighted by Crippen LogP contribution is 2.43. The molecule has 0 aliphatic rings. The summed E-state index contributed by atoms with van der Waals surface area (Å²) >= 11 is 0. The van der Waals surface area contributed by atoms with Gasteiger partial charge in [-0.1, -0.05) is 54.6 Å². The molecule has 0 saturated carbocycles. The maximum atomic E-state index is 10.6. The van der Waals surface area contributed by atoms with Crippen molar-refractivity contribution in [3.63, 3.8) is 0 Å². The summed E-state index contributed by atoms with van der Waals surface area (Å²) in [6.45, 7) is 0. The topological polar surface area (TPSA) is 40.5 Å². The molecule has 0 aromatic heterocycles. The Bertz CT molecular complexity index is 971. The molecule has 0 aliphatic carbocycles. The van der Waals surface area contributed by atoms with E-state index in [9.17, 15) is 10.2 Å². The highest BCUT2D eigenvalue weighted by molar-refractivity contribution is 6.19. The molecule has 0 radical (unpaired) electrons. The molecule has 4 aromatic rings. The van der Waals surface area contributed by atoms with Gasteiger partial charge in [0, 0.05) is 21.5 Å². The first kappa shape index (κ1) is 11.1. The lowest BCUT2D eigenvalue weighted by Gasteiger charge is -2.11. The van der Waals surface area contributed by atoms with E-state index in [1.54, 1.807) is 0 Å². The van der Waals surface area contributed by atoms with Crippen molar-refractivity contribution in [2.75, 3.05) is 0 Å². The quantitative estimate of drug-likeness (QED) is 0.276. The smallest absolute Gasteiger partial charge is 0.132 e. The molecule has 0 amide bonds. The zero-order chi connectivity index (χ0) is 13.7. The van der Waals surface area contributed by atoms with E-state index in [0.717, 1.165) is 10.8 Å². The second-order valence-corrected chi connectivity index (χ2v) is 4.95. The monoisotopic (exact) mass is 260 g/mol. The average Bonchev–Trinajstić information content (AvgIpc) is 2.51. The van der Waals surface area contributed by atoms with E-state index in [-0.39, 0.29) is 11.5 Å². The minimum atomic E-state index is 0.221. The van der Waals surface area contributed by atoms with Crippen LogP contribution in [0.25, 0.3) is 32.3 Å². The van der Waals surface area contributed by atoms with Crippen molar-refractivity contribution in [3.05, 3.63) is 60.7 Å². The number of hydrogen-bond acceptors (Lipinski definition) is 2. The number of rotatable bonds is 0. The Balaban J connectivity index is 2.38. The van der Waals surface area contributed by atoms with Crippen LogP contribution in [0, 0.1) is 0 Å². The summed E-state index contributed by atoms with van der Waals surface area (Å²) in [5.74, 6) is 0.448. The van der Waals surface area contributed by atoms with Gasteiger partial charge in [0.25, 0.3) is 0 Å². The second-order valence-electron chi connectivity index (χ2n) is 4.95. The van der Waals surface area contributed by atoms with Crippen molar-refractivity contribution >= 4 is 32.3 Å². The van der Waals surface area contributed by atoms with Crippen LogP contribution in [0.5, 0.6) is 11.5 Å². The van der Waals surface area contributed by atoms with Gasteiger partial charge in [-0.15, -0.1) is 0 Å². The Morgan fingerprint density at radius 1 is 0.500 bits per heavy atom. The summed E-state index contributed by atoms with van der Waals surface area (Å²) in [5, 5.41) is 25.8. The molecular formula is C18H12O2. The highest BCUT2D eigenvalue weighted by atomic mass is 16.3. The third-order valence-corrected chi connectivity index (χ3v) is 3.86. The lowest BCUT2D eigenvalue weighted by atomic mass is 9.96. The summed E-state index contributed by atoms with van der Waals surface area (Å²) < 4.78 is 0. The molecule has 0 saturated heterocycles. The molecule has 0 fully saturated rings. The van der Waals surface area contributed by atoms with Gasteiger partial charge in [0.1, 0.15) is 11.5 Å². The van der Waals surface area contributed by atoms with Gasteiger partial charge in [-0.25, -0.2) is 0 Å². The van der Waals surface area contributed by atoms with Crippen LogP contribution in [0.2, 0.25) is 0 Å². The van der Waals surface area contributed by atoms with Crippen LogP contribution in [-0.4, -0.2) is 10.2 Å². The molecule has 0 atom stereocenters. The molecule has 0 bridgehead atoms. The minimum absolute atomic E-state index is 0.221. The van der Waals surface area contributed by atoms with E-state index >= 15 is 0 Å². The zero-order valence-electron chi connectivity index (χ0n) is 10.7. The third kappa shape index (κ3) is 1.33. The summed E-state index contributed by atoms with van der Waals surface area (Å²) in [6.07, 6.45) is 0. The normalized spacial score (nSPS) is 11.4. The molecule has 2 nitrogen and oxygen atoms in total. The number of aromatic hydroxyl groups is 2. The summed E-state index contributed by atoms with van der Waals surface area (Å²) in [7, 11) is 0. The number of fused-ring (bicyclic) bond motifs is 4. The van der Waals surface area contributed by atoms with Crippen molar-refractivity contribution in [2.45, 2.75) is 0 Å². The molecule has 2 N–H and O–H groups in total. The first-order valence-corrected chi connectivity index (χ1v) is 6.51. The maximum absolute atomic E-state index is 10.6. The van der Waals surface area contributed by atoms with Gasteiger partial charge in [-0.3, -0.25) is 0 Å². The van der Waals surface area contributed by atoms with Gasteiger partial charge in [0.15, 0.2) is 0 Å². The molecular weight excluding hydrogens is 248 g/mol. The van der Waals surface area contributed by atoms with E-state index in [1.165, 1.54) is 0 Å². The van der Waals surface area contributed by atoms with E-state index in [4.69, 9.17) is 0 Å². The number of phenols is 2. The molecule has 20 heavy (non-hydrogen) atoms. The Labute approximate surface area is 115 Å². The van der Waals surface area contributed by atoms with Crippen molar-refractivity contribution in [1.29, 1.82) is 0 Å². The fraction of sp³-hybridized carbons (Fsp3) is 0. The summed E-state index contributed by atoms with van der Waals surface area (Å²) in [4.78, 5) is 0. The number of benzene rings is 4. The van der Waals surface area contributed by atoms with E-state index in [2.05, 4.69) is 0 Å². The molecule has 0 unspecified atom stereocenters. The molecule has 2 heteroatoms. The van der Waals surface area contributed by atoms with Gasteiger partial charge in [-0.05, 0) is 16.8 Å². The van der Waals surface area contributed by atoms with Gasteiger partial charge in [-0.2, -0.15) is 0 Å². The maximum Gasteiger partial charge on any atom is 0.132 e. The third-order valence-electron chi connectivity index (χ3n) is 3.86. The van der Waals surface area contributed by atoms with Crippen molar-refractivity contribution in [1.82, 2.24) is 0 Å². The molecule has 0 aliphatic heterocycles. The van der Waals surface area contributed by atoms with E-state index < -0.39 is 0 Å². The van der Waals surface area contributed by atoms with Crippen LogP contribution in [0.4, 0.5) is 0 Å². The van der Waals surface area contributed by atoms with Gasteiger partial charge >= 0.3 is 0 Å². The fourth-order valence-electron chi connectivity index (χ4n) is 2.90. The summed E-state index contributed by atoms with van der Waals surface area (Å²) in [6, 6.07) is 19.0. The average molecular weight is 260 g/mol. The van der Waals surface area contributed by atoms with Crippen LogP contribution in [0.1, 0.15) is 0 Å². The lowest BCUT2D eigenvalue weighted by Crippen LogP contribution is -1.83. The van der Waals surface area contributed by atoms with Gasteiger partial charge in [0.2, 0.25) is 0 Å². The predicted molar refractivity (Wildman–Crippen MR) is 82.3 cm³/mol. The minimum Gasteiger partial charge on any atom is -0.507 e. The van der Waals surface area contributed by atoms with Crippen LogP contribution in [-0.2, 0) is 0 Å². The Hall–Kier alpha value is -2.74. The van der Waals surface area contributed by atoms with Gasteiger partial charge < -0.3 is 10.2 Å². The highest BCUT2D eigenvalue weighted by Gasteiger charge is 2.14. The molecule has 4 rings (SSSR count). The second kappa shape index (κ2) is 3.87. The first-order chi connectivity index (χ1) is 9.77. The SMILES string of the molecule is Oc1c2ccccc2c(O)c2c1ccc1ccccc12. The largest absolute Gasteiger partial charge is 0.507 e. The van der Waals surface area contributed by atoms with Crippen LogP contribution >= 0.6 is 0 Å². The Morgan fingerprint density at radius 3 is 1.85 bits per heavy atom. The summed E-state index contributed by atoms with van der Waals surface area (Å²) in [5.41, 5.74) is 0. The van der Waals surface area contributed by atoms with E-state index in [1.807, 2.05) is 60.7 Å². The molecule has 0 heterocycles. The van der Waals surface area contributed by atoms with Crippen LogP contribution < -0.4 is 0 Å². The van der Waals surface area contributed by atoms with E-state index in [0.29, 0.717) is 21.5 Å². The van der Waals surface area contributed by atoms with Crippen LogP contribution in [0.15, 0.2) is 60.7 Å². The molecule has 4 aromatic carbocycles. The Morgan fingerprint density at radius 2 is 1.10 bits per heavy atom. The standard InChI is InChI=1S/C18H12O2/c19-17-13-7-3-4-8-14(13)18(20)16-12-6-2-1-5-11(12)9-10-15(16)17/h1-10,19-20H. The number of phenolic OH excluding ortho intramolecular Hbond substituents is 2. The van der Waals surface area contributed by atoms with Gasteiger partial charge in [0.05, 0.1) is 0 Å². The van der Waals surface area contributed by atoms with Crippen molar-refractivity contribution in [2.24, 2.45) is 0 Å². The Kier molecular flexibility index (Phi) is 2.15.